The van der Waals surface area contributed by atoms with Crippen LogP contribution < -0.4 is 10.2 Å². The van der Waals surface area contributed by atoms with Gasteiger partial charge in [0.25, 0.3) is 0 Å². The molecule has 37 heavy (non-hydrogen) atoms. The van der Waals surface area contributed by atoms with Gasteiger partial charge in [0, 0.05) is 61.8 Å². The van der Waals surface area contributed by atoms with Gasteiger partial charge >= 0.3 is 0 Å². The van der Waals surface area contributed by atoms with Gasteiger partial charge in [0.15, 0.2) is 17.1 Å². The molecule has 5 aromatic rings. The molecular formula is C26H26N10O. The Morgan fingerprint density at radius 3 is 2.70 bits per heavy atom. The van der Waals surface area contributed by atoms with Crippen LogP contribution in [-0.2, 0) is 4.79 Å². The fraction of sp³-hybridized carbons (Fsp3) is 0.308. The summed E-state index contributed by atoms with van der Waals surface area (Å²) in [4.78, 5) is 38.6. The highest BCUT2D eigenvalue weighted by atomic mass is 16.2. The van der Waals surface area contributed by atoms with Gasteiger partial charge in [-0.3, -0.25) is 14.9 Å². The van der Waals surface area contributed by atoms with Gasteiger partial charge in [0.1, 0.15) is 11.2 Å². The van der Waals surface area contributed by atoms with Crippen molar-refractivity contribution in [1.82, 2.24) is 40.0 Å². The SMILES string of the molecule is CN1CCN(c2ccnc3[nH]c(-c4n[nH]c5ncc(-c6cncc(NC(=O)C7CC7)c6)cc45)nc23)CC1. The normalized spacial score (nSPS) is 16.5. The van der Waals surface area contributed by atoms with E-state index in [1.54, 1.807) is 18.6 Å². The fourth-order valence-electron chi connectivity index (χ4n) is 4.81. The van der Waals surface area contributed by atoms with Crippen LogP contribution in [0.15, 0.2) is 43.0 Å². The van der Waals surface area contributed by atoms with Crippen molar-refractivity contribution in [2.75, 3.05) is 43.4 Å². The number of imidazole rings is 1. The van der Waals surface area contributed by atoms with Crippen LogP contribution in [0.25, 0.3) is 44.8 Å². The number of aromatic amines is 2. The Hall–Kier alpha value is -4.38. The van der Waals surface area contributed by atoms with Gasteiger partial charge in [-0.05, 0) is 38.1 Å². The Balaban J connectivity index is 1.24. The van der Waals surface area contributed by atoms with Gasteiger partial charge in [-0.25, -0.2) is 15.0 Å². The molecule has 2 aliphatic rings. The Kier molecular flexibility index (Phi) is 5.10. The lowest BCUT2D eigenvalue weighted by Crippen LogP contribution is -2.44. The van der Waals surface area contributed by atoms with Crippen LogP contribution >= 0.6 is 0 Å². The molecule has 0 bridgehead atoms. The molecule has 0 atom stereocenters. The van der Waals surface area contributed by atoms with Crippen molar-refractivity contribution >= 4 is 39.5 Å². The maximum Gasteiger partial charge on any atom is 0.227 e. The molecule has 2 fully saturated rings. The third-order valence-corrected chi connectivity index (χ3v) is 7.14. The Labute approximate surface area is 212 Å². The molecule has 0 aromatic carbocycles. The maximum atomic E-state index is 12.2. The molecule has 1 aliphatic heterocycles. The summed E-state index contributed by atoms with van der Waals surface area (Å²) < 4.78 is 0. The number of amides is 1. The smallest absolute Gasteiger partial charge is 0.227 e. The predicted octanol–water partition coefficient (Wildman–Crippen LogP) is 3.06. The summed E-state index contributed by atoms with van der Waals surface area (Å²) in [7, 11) is 2.15. The van der Waals surface area contributed by atoms with Crippen molar-refractivity contribution in [3.63, 3.8) is 0 Å². The number of carbonyl (C=O) groups excluding carboxylic acids is 1. The quantitative estimate of drug-likeness (QED) is 0.340. The predicted molar refractivity (Wildman–Crippen MR) is 141 cm³/mol. The lowest BCUT2D eigenvalue weighted by atomic mass is 10.1. The van der Waals surface area contributed by atoms with E-state index in [-0.39, 0.29) is 11.8 Å². The van der Waals surface area contributed by atoms with Gasteiger partial charge in [-0.1, -0.05) is 0 Å². The van der Waals surface area contributed by atoms with Crippen molar-refractivity contribution in [3.8, 4) is 22.6 Å². The summed E-state index contributed by atoms with van der Waals surface area (Å²) in [5.41, 5.74) is 6.41. The van der Waals surface area contributed by atoms with Gasteiger partial charge in [-0.15, -0.1) is 0 Å². The lowest BCUT2D eigenvalue weighted by molar-refractivity contribution is -0.117. The Bertz CT molecular complexity index is 1630. The minimum Gasteiger partial charge on any atom is -0.367 e. The Morgan fingerprint density at radius 1 is 1.03 bits per heavy atom. The molecule has 0 spiro atoms. The number of anilines is 2. The van der Waals surface area contributed by atoms with E-state index < -0.39 is 0 Å². The van der Waals surface area contributed by atoms with Crippen LogP contribution in [-0.4, -0.2) is 79.2 Å². The third-order valence-electron chi connectivity index (χ3n) is 7.14. The van der Waals surface area contributed by atoms with E-state index in [0.717, 1.165) is 72.4 Å². The molecule has 186 valence electrons. The molecule has 1 saturated carbocycles. The van der Waals surface area contributed by atoms with E-state index in [0.29, 0.717) is 22.9 Å². The molecule has 1 amide bonds. The highest BCUT2D eigenvalue weighted by molar-refractivity contribution is 5.96. The maximum absolute atomic E-state index is 12.2. The second-order valence-corrected chi connectivity index (χ2v) is 9.82. The summed E-state index contributed by atoms with van der Waals surface area (Å²) in [6, 6.07) is 5.97. The van der Waals surface area contributed by atoms with Gasteiger partial charge in [0.2, 0.25) is 5.91 Å². The van der Waals surface area contributed by atoms with Crippen LogP contribution in [0.2, 0.25) is 0 Å². The average molecular weight is 495 g/mol. The van der Waals surface area contributed by atoms with E-state index in [1.807, 2.05) is 24.4 Å². The molecule has 11 nitrogen and oxygen atoms in total. The van der Waals surface area contributed by atoms with Crippen molar-refractivity contribution in [2.45, 2.75) is 12.8 Å². The number of hydrogen-bond donors (Lipinski definition) is 3. The minimum atomic E-state index is 0.0547. The summed E-state index contributed by atoms with van der Waals surface area (Å²) in [5.74, 6) is 0.821. The first-order chi connectivity index (χ1) is 18.1. The largest absolute Gasteiger partial charge is 0.367 e. The van der Waals surface area contributed by atoms with Crippen LogP contribution in [0.1, 0.15) is 12.8 Å². The summed E-state index contributed by atoms with van der Waals surface area (Å²) in [6.07, 6.45) is 8.94. The first kappa shape index (κ1) is 21.9. The monoisotopic (exact) mass is 494 g/mol. The number of piperazine rings is 1. The number of nitrogens with one attached hydrogen (secondary N) is 3. The lowest BCUT2D eigenvalue weighted by Gasteiger charge is -2.33. The fourth-order valence-corrected chi connectivity index (χ4v) is 4.81. The van der Waals surface area contributed by atoms with Gasteiger partial charge in [-0.2, -0.15) is 5.10 Å². The number of fused-ring (bicyclic) bond motifs is 2. The zero-order chi connectivity index (χ0) is 24.9. The number of hydrogen-bond acceptors (Lipinski definition) is 8. The molecule has 0 radical (unpaired) electrons. The van der Waals surface area contributed by atoms with Crippen LogP contribution in [0, 0.1) is 5.92 Å². The van der Waals surface area contributed by atoms with Crippen LogP contribution in [0.5, 0.6) is 0 Å². The van der Waals surface area contributed by atoms with E-state index >= 15 is 0 Å². The number of nitrogens with zero attached hydrogens (tertiary/aromatic N) is 7. The molecular weight excluding hydrogens is 468 g/mol. The zero-order valence-electron chi connectivity index (χ0n) is 20.4. The van der Waals surface area contributed by atoms with Crippen molar-refractivity contribution in [3.05, 3.63) is 43.0 Å². The zero-order valence-corrected chi connectivity index (χ0v) is 20.4. The second kappa shape index (κ2) is 8.63. The summed E-state index contributed by atoms with van der Waals surface area (Å²) >= 11 is 0. The topological polar surface area (TPSA) is 132 Å². The van der Waals surface area contributed by atoms with E-state index in [4.69, 9.17) is 4.98 Å². The molecule has 6 heterocycles. The first-order valence-corrected chi connectivity index (χ1v) is 12.5. The summed E-state index contributed by atoms with van der Waals surface area (Å²) in [6.45, 7) is 3.93. The van der Waals surface area contributed by atoms with Crippen molar-refractivity contribution < 1.29 is 4.79 Å². The van der Waals surface area contributed by atoms with E-state index in [2.05, 4.69) is 52.3 Å². The molecule has 7 rings (SSSR count). The van der Waals surface area contributed by atoms with Gasteiger partial charge in [0.05, 0.1) is 23.0 Å². The molecule has 11 heteroatoms. The average Bonchev–Trinajstić information content (AvgIpc) is 3.55. The highest BCUT2D eigenvalue weighted by Gasteiger charge is 2.29. The first-order valence-electron chi connectivity index (χ1n) is 12.5. The second-order valence-electron chi connectivity index (χ2n) is 9.82. The highest BCUT2D eigenvalue weighted by Crippen LogP contribution is 2.33. The van der Waals surface area contributed by atoms with E-state index in [9.17, 15) is 4.79 Å². The van der Waals surface area contributed by atoms with Crippen LogP contribution in [0.3, 0.4) is 0 Å². The number of likely N-dealkylation sites (N-methyl/N-ethyl adjacent to an activating group) is 1. The van der Waals surface area contributed by atoms with Crippen molar-refractivity contribution in [2.24, 2.45) is 5.92 Å². The van der Waals surface area contributed by atoms with Crippen LogP contribution in [0.4, 0.5) is 11.4 Å². The molecule has 0 unspecified atom stereocenters. The third kappa shape index (κ3) is 4.06. The number of pyridine rings is 3. The van der Waals surface area contributed by atoms with Crippen molar-refractivity contribution in [1.29, 1.82) is 0 Å². The number of rotatable bonds is 5. The molecule has 1 saturated heterocycles. The van der Waals surface area contributed by atoms with E-state index in [1.165, 1.54) is 0 Å². The van der Waals surface area contributed by atoms with Gasteiger partial charge < -0.3 is 20.1 Å². The Morgan fingerprint density at radius 2 is 1.86 bits per heavy atom. The molecule has 5 aromatic heterocycles. The number of aromatic nitrogens is 7. The number of carbonyl (C=O) groups is 1. The standard InChI is InChI=1S/C26H26N10O/c1-35-6-8-36(9-7-35)20-4-5-28-24-22(20)31-25(32-24)21-19-11-17(13-29-23(19)34-33-21)16-10-18(14-27-12-16)30-26(37)15-2-3-15/h4-5,10-15H,2-3,6-9H2,1H3,(H,30,37)(H,28,31,32)(H,29,33,34). The molecule has 1 aliphatic carbocycles. The minimum absolute atomic E-state index is 0.0547. The number of H-pyrrole nitrogens is 2. The molecule has 3 N–H and O–H groups in total. The summed E-state index contributed by atoms with van der Waals surface area (Å²) in [5, 5.41) is 11.4.